The van der Waals surface area contributed by atoms with Gasteiger partial charge in [0.2, 0.25) is 5.91 Å². The molecule has 5 aliphatic rings. The molecule has 1 amide bonds. The molecule has 1 aromatic carbocycles. The largest absolute Gasteiger partial charge is 0.497 e. The van der Waals surface area contributed by atoms with Crippen LogP contribution in [0.3, 0.4) is 0 Å². The number of nitrogens with zero attached hydrogens (tertiary/aromatic N) is 2. The minimum atomic E-state index is -0.710. The molecular weight excluding hydrogens is 543 g/mol. The summed E-state index contributed by atoms with van der Waals surface area (Å²) in [4.78, 5) is 31.6. The van der Waals surface area contributed by atoms with Gasteiger partial charge in [0.15, 0.2) is 11.0 Å². The van der Waals surface area contributed by atoms with Crippen LogP contribution in [0.25, 0.3) is 0 Å². The highest BCUT2D eigenvalue weighted by molar-refractivity contribution is 6.48. The quantitative estimate of drug-likeness (QED) is 0.336. The summed E-state index contributed by atoms with van der Waals surface area (Å²) in [7, 11) is 1.03. The number of carbonyl (C=O) groups excluding carboxylic acids is 1. The molecule has 6 atom stereocenters. The van der Waals surface area contributed by atoms with Crippen LogP contribution in [0.1, 0.15) is 63.8 Å². The molecule has 7 rings (SSSR count). The van der Waals surface area contributed by atoms with E-state index in [1.54, 1.807) is 13.2 Å². The molecule has 2 bridgehead atoms. The van der Waals surface area contributed by atoms with Crippen LogP contribution in [0.5, 0.6) is 5.75 Å². The van der Waals surface area contributed by atoms with Crippen LogP contribution < -0.4 is 20.9 Å². The number of carbonyl (C=O) groups is 1. The predicted octanol–water partition coefficient (Wildman–Crippen LogP) is 4.33. The molecule has 3 heterocycles. The van der Waals surface area contributed by atoms with E-state index >= 15 is 0 Å². The third kappa shape index (κ3) is 4.68. The van der Waals surface area contributed by atoms with E-state index in [0.717, 1.165) is 24.2 Å². The number of rotatable bonds is 9. The van der Waals surface area contributed by atoms with Gasteiger partial charge in [-0.1, -0.05) is 43.7 Å². The maximum Gasteiger partial charge on any atom is 0.482 e. The second-order valence-corrected chi connectivity index (χ2v) is 13.0. The zero-order chi connectivity index (χ0) is 29.1. The van der Waals surface area contributed by atoms with E-state index in [1.165, 1.54) is 4.57 Å². The fourth-order valence-corrected chi connectivity index (χ4v) is 7.83. The Balaban J connectivity index is 1.18. The fourth-order valence-electron chi connectivity index (χ4n) is 7.56. The van der Waals surface area contributed by atoms with Gasteiger partial charge in [0.1, 0.15) is 11.8 Å². The lowest BCUT2D eigenvalue weighted by Gasteiger charge is -2.64. The molecule has 0 radical (unpaired) electrons. The number of nitrogens with one attached hydrogen (secondary N) is 2. The molecule has 41 heavy (non-hydrogen) atoms. The Morgan fingerprint density at radius 2 is 2.07 bits per heavy atom. The minimum Gasteiger partial charge on any atom is -0.497 e. The van der Waals surface area contributed by atoms with Gasteiger partial charge >= 0.3 is 7.12 Å². The molecule has 3 aliphatic carbocycles. The smallest absolute Gasteiger partial charge is 0.482 e. The Bertz CT molecular complexity index is 1410. The fraction of sp³-hybridized carbons (Fsp3) is 0.567. The number of amides is 1. The van der Waals surface area contributed by atoms with Gasteiger partial charge < -0.3 is 24.7 Å². The van der Waals surface area contributed by atoms with Gasteiger partial charge in [-0.3, -0.25) is 14.2 Å². The normalized spacial score (nSPS) is 29.6. The highest BCUT2D eigenvalue weighted by atomic mass is 35.5. The molecule has 218 valence electrons. The van der Waals surface area contributed by atoms with Crippen molar-refractivity contribution >= 4 is 30.4 Å². The second kappa shape index (κ2) is 10.5. The summed E-state index contributed by atoms with van der Waals surface area (Å²) in [6.07, 6.45) is 5.32. The number of halogens is 1. The number of hydrogen-bond acceptors (Lipinski definition) is 7. The van der Waals surface area contributed by atoms with Crippen molar-refractivity contribution in [1.29, 1.82) is 0 Å². The number of benzene rings is 1. The second-order valence-electron chi connectivity index (χ2n) is 12.6. The number of hydrogen-bond donors (Lipinski definition) is 2. The topological polar surface area (TPSA) is 104 Å². The van der Waals surface area contributed by atoms with Crippen molar-refractivity contribution in [3.63, 3.8) is 0 Å². The molecule has 0 spiro atoms. The summed E-state index contributed by atoms with van der Waals surface area (Å²) in [5, 5.41) is 6.46. The Morgan fingerprint density at radius 1 is 1.32 bits per heavy atom. The van der Waals surface area contributed by atoms with Gasteiger partial charge in [0.05, 0.1) is 30.4 Å². The maximum absolute atomic E-state index is 13.7. The minimum absolute atomic E-state index is 0.00698. The van der Waals surface area contributed by atoms with Crippen molar-refractivity contribution in [3.05, 3.63) is 63.7 Å². The van der Waals surface area contributed by atoms with Gasteiger partial charge in [0, 0.05) is 6.54 Å². The molecule has 2 aromatic rings. The highest BCUT2D eigenvalue weighted by Gasteiger charge is 2.68. The van der Waals surface area contributed by atoms with E-state index in [2.05, 4.69) is 43.0 Å². The molecule has 9 nitrogen and oxygen atoms in total. The number of methoxy groups -OCH3 is 1. The SMILES string of the molecule is C=CCC(NC(=O)C1CCc2c(Cl)nc(NCc3ccc(OC)cc3)c(=O)n21)B1OC2CC3CC(C3(C)C)[C@@]2(C)O1. The van der Waals surface area contributed by atoms with Crippen LogP contribution >= 0.6 is 11.6 Å². The first-order valence-electron chi connectivity index (χ1n) is 14.5. The van der Waals surface area contributed by atoms with Crippen molar-refractivity contribution in [3.8, 4) is 5.75 Å². The molecule has 2 N–H and O–H groups in total. The van der Waals surface area contributed by atoms with E-state index in [0.29, 0.717) is 43.3 Å². The summed E-state index contributed by atoms with van der Waals surface area (Å²) in [6, 6.07) is 6.80. The average molecular weight is 581 g/mol. The van der Waals surface area contributed by atoms with Crippen LogP contribution in [0.15, 0.2) is 41.7 Å². The van der Waals surface area contributed by atoms with Crippen molar-refractivity contribution in [2.75, 3.05) is 12.4 Å². The predicted molar refractivity (Wildman–Crippen MR) is 158 cm³/mol. The van der Waals surface area contributed by atoms with E-state index in [-0.39, 0.29) is 39.6 Å². The number of fused-ring (bicyclic) bond motifs is 1. The summed E-state index contributed by atoms with van der Waals surface area (Å²) in [6.45, 7) is 11.1. The van der Waals surface area contributed by atoms with E-state index in [1.807, 2.05) is 24.3 Å². The highest BCUT2D eigenvalue weighted by Crippen LogP contribution is 2.65. The standard InChI is InChI=1S/C30H38BClN4O5/c1-6-7-24(31-40-23-15-18-14-22(29(18,2)3)30(23,4)41-31)34-27(37)21-13-12-20-25(32)35-26(28(38)36(20)21)33-16-17-8-10-19(39-5)11-9-17/h6,8-11,18,21-24H,1,7,12-16H2,2-5H3,(H,33,35)(H,34,37)/t18?,21?,22?,23?,24?,30-/m1/s1. The third-order valence-electron chi connectivity index (χ3n) is 10.1. The molecular formula is C30H38BClN4O5. The summed E-state index contributed by atoms with van der Waals surface area (Å²) < 4.78 is 19.8. The van der Waals surface area contributed by atoms with Gasteiger partial charge in [-0.15, -0.1) is 6.58 Å². The summed E-state index contributed by atoms with van der Waals surface area (Å²) in [5.74, 6) is 1.22. The summed E-state index contributed by atoms with van der Waals surface area (Å²) >= 11 is 6.51. The lowest BCUT2D eigenvalue weighted by atomic mass is 9.43. The Labute approximate surface area is 246 Å². The zero-order valence-corrected chi connectivity index (χ0v) is 24.9. The van der Waals surface area contributed by atoms with Crippen LogP contribution in [0, 0.1) is 17.3 Å². The molecule has 11 heteroatoms. The Hall–Kier alpha value is -2.82. The zero-order valence-electron chi connectivity index (χ0n) is 24.1. The van der Waals surface area contributed by atoms with E-state index in [4.69, 9.17) is 25.6 Å². The first-order chi connectivity index (χ1) is 19.6. The van der Waals surface area contributed by atoms with Gasteiger partial charge in [-0.05, 0) is 74.0 Å². The lowest BCUT2D eigenvalue weighted by molar-refractivity contribution is -0.199. The van der Waals surface area contributed by atoms with Gasteiger partial charge in [-0.2, -0.15) is 0 Å². The van der Waals surface area contributed by atoms with Crippen molar-refractivity contribution in [2.45, 2.75) is 83.1 Å². The molecule has 2 aliphatic heterocycles. The van der Waals surface area contributed by atoms with E-state index < -0.39 is 19.1 Å². The van der Waals surface area contributed by atoms with Crippen molar-refractivity contribution < 1.29 is 18.8 Å². The summed E-state index contributed by atoms with van der Waals surface area (Å²) in [5.41, 5.74) is 0.989. The molecule has 4 fully saturated rings. The molecule has 3 saturated carbocycles. The number of aromatic nitrogens is 2. The first kappa shape index (κ1) is 28.3. The number of anilines is 1. The van der Waals surface area contributed by atoms with Gasteiger partial charge in [-0.25, -0.2) is 4.98 Å². The van der Waals surface area contributed by atoms with Gasteiger partial charge in [0.25, 0.3) is 5.56 Å². The lowest BCUT2D eigenvalue weighted by Crippen LogP contribution is -2.65. The van der Waals surface area contributed by atoms with Crippen LogP contribution in [-0.2, 0) is 27.1 Å². The van der Waals surface area contributed by atoms with Crippen molar-refractivity contribution in [1.82, 2.24) is 14.9 Å². The van der Waals surface area contributed by atoms with Crippen LogP contribution in [0.2, 0.25) is 5.15 Å². The first-order valence-corrected chi connectivity index (χ1v) is 14.9. The maximum atomic E-state index is 13.7. The third-order valence-corrected chi connectivity index (χ3v) is 10.4. The Morgan fingerprint density at radius 3 is 2.76 bits per heavy atom. The van der Waals surface area contributed by atoms with Crippen molar-refractivity contribution in [2.24, 2.45) is 17.3 Å². The average Bonchev–Trinajstić information content (AvgIpc) is 3.56. The van der Waals surface area contributed by atoms with Crippen LogP contribution in [-0.4, -0.2) is 47.3 Å². The Kier molecular flexibility index (Phi) is 7.23. The monoisotopic (exact) mass is 580 g/mol. The molecule has 5 unspecified atom stereocenters. The molecule has 1 aromatic heterocycles. The van der Waals surface area contributed by atoms with Crippen LogP contribution in [0.4, 0.5) is 5.82 Å². The molecule has 1 saturated heterocycles. The van der Waals surface area contributed by atoms with E-state index in [9.17, 15) is 9.59 Å². The number of ether oxygens (including phenoxy) is 1.